The molecule has 0 aromatic heterocycles. The van der Waals surface area contributed by atoms with E-state index in [-0.39, 0.29) is 24.8 Å². The second-order valence-corrected chi connectivity index (χ2v) is 7.70. The van der Waals surface area contributed by atoms with E-state index in [9.17, 15) is 14.4 Å². The van der Waals surface area contributed by atoms with Crippen LogP contribution in [0, 0.1) is 17.1 Å². The van der Waals surface area contributed by atoms with Crippen LogP contribution in [0.4, 0.5) is 10.1 Å². The first-order valence-corrected chi connectivity index (χ1v) is 10.0. The predicted molar refractivity (Wildman–Crippen MR) is 107 cm³/mol. The number of carbonyl (C=O) groups is 1. The number of nitriles is 1. The van der Waals surface area contributed by atoms with Gasteiger partial charge in [-0.2, -0.15) is 5.26 Å². The minimum atomic E-state index is -0.929. The maximum Gasteiger partial charge on any atom is 0.303 e. The summed E-state index contributed by atoms with van der Waals surface area (Å²) in [7, 11) is 0. The first-order chi connectivity index (χ1) is 14.0. The molecule has 0 unspecified atom stereocenters. The summed E-state index contributed by atoms with van der Waals surface area (Å²) in [5.74, 6) is -0.447. The molecule has 1 fully saturated rings. The lowest BCUT2D eigenvalue weighted by molar-refractivity contribution is -0.136. The molecule has 2 aromatic rings. The molecule has 1 N–H and O–H groups in total. The summed E-state index contributed by atoms with van der Waals surface area (Å²) >= 11 is 0. The molecule has 0 saturated heterocycles. The molecule has 150 valence electrons. The third-order valence-electron chi connectivity index (χ3n) is 5.81. The molecule has 6 heteroatoms. The highest BCUT2D eigenvalue weighted by Gasteiger charge is 2.24. The van der Waals surface area contributed by atoms with Crippen LogP contribution >= 0.6 is 0 Å². The van der Waals surface area contributed by atoms with Crippen LogP contribution in [0.5, 0.6) is 5.75 Å². The molecule has 1 aliphatic carbocycles. The van der Waals surface area contributed by atoms with Gasteiger partial charge in [-0.05, 0) is 60.9 Å². The van der Waals surface area contributed by atoms with Gasteiger partial charge in [-0.25, -0.2) is 4.39 Å². The molecule has 0 radical (unpaired) electrons. The zero-order valence-electron chi connectivity index (χ0n) is 16.2. The van der Waals surface area contributed by atoms with E-state index in [0.29, 0.717) is 36.2 Å². The number of benzene rings is 2. The summed E-state index contributed by atoms with van der Waals surface area (Å²) in [5.41, 5.74) is 3.37. The molecule has 4 rings (SSSR count). The molecule has 2 aliphatic rings. The predicted octanol–water partition coefficient (Wildman–Crippen LogP) is 4.21. The monoisotopic (exact) mass is 394 g/mol. The highest BCUT2D eigenvalue weighted by Crippen LogP contribution is 2.33. The molecule has 2 aromatic carbocycles. The summed E-state index contributed by atoms with van der Waals surface area (Å²) in [5, 5.41) is 18.4. The summed E-state index contributed by atoms with van der Waals surface area (Å²) in [6.45, 7) is 1.10. The van der Waals surface area contributed by atoms with Gasteiger partial charge in [-0.1, -0.05) is 12.1 Å². The Bertz CT molecular complexity index is 979. The minimum absolute atomic E-state index is 0.0822. The van der Waals surface area contributed by atoms with Gasteiger partial charge in [0.2, 0.25) is 0 Å². The summed E-state index contributed by atoms with van der Waals surface area (Å²) in [6, 6.07) is 11.3. The molecular weight excluding hydrogens is 371 g/mol. The van der Waals surface area contributed by atoms with Gasteiger partial charge < -0.3 is 14.7 Å². The molecule has 0 amide bonds. The number of halogens is 1. The summed E-state index contributed by atoms with van der Waals surface area (Å²) < 4.78 is 20.8. The van der Waals surface area contributed by atoms with Gasteiger partial charge >= 0.3 is 5.97 Å². The van der Waals surface area contributed by atoms with Crippen molar-refractivity contribution in [3.8, 4) is 11.8 Å². The Morgan fingerprint density at radius 2 is 2.14 bits per heavy atom. The Balaban J connectivity index is 1.56. The van der Waals surface area contributed by atoms with Crippen molar-refractivity contribution in [3.63, 3.8) is 0 Å². The third kappa shape index (κ3) is 4.04. The smallest absolute Gasteiger partial charge is 0.303 e. The summed E-state index contributed by atoms with van der Waals surface area (Å²) in [4.78, 5) is 12.9. The van der Waals surface area contributed by atoms with E-state index in [1.807, 2.05) is 18.2 Å². The number of carboxylic acid groups (broad SMARTS) is 1. The quantitative estimate of drug-likeness (QED) is 0.795. The fourth-order valence-corrected chi connectivity index (χ4v) is 3.92. The number of rotatable bonds is 6. The molecule has 0 bridgehead atoms. The van der Waals surface area contributed by atoms with Crippen LogP contribution in [0.25, 0.3) is 0 Å². The Morgan fingerprint density at radius 3 is 2.83 bits per heavy atom. The molecular formula is C23H23FN2O3. The fourth-order valence-electron chi connectivity index (χ4n) is 3.92. The van der Waals surface area contributed by atoms with Gasteiger partial charge in [0.05, 0.1) is 17.4 Å². The second kappa shape index (κ2) is 8.12. The van der Waals surface area contributed by atoms with Crippen molar-refractivity contribution in [2.24, 2.45) is 0 Å². The van der Waals surface area contributed by atoms with E-state index in [2.05, 4.69) is 11.0 Å². The van der Waals surface area contributed by atoms with E-state index < -0.39 is 5.97 Å². The number of fused-ring (bicyclic) bond motifs is 1. The number of hydrogen-bond donors (Lipinski definition) is 1. The molecule has 1 aliphatic heterocycles. The number of carboxylic acids is 1. The van der Waals surface area contributed by atoms with Gasteiger partial charge in [-0.15, -0.1) is 0 Å². The Kier molecular flexibility index (Phi) is 5.39. The van der Waals surface area contributed by atoms with Crippen molar-refractivity contribution >= 4 is 11.7 Å². The highest BCUT2D eigenvalue weighted by molar-refractivity contribution is 5.67. The van der Waals surface area contributed by atoms with E-state index in [0.717, 1.165) is 29.8 Å². The van der Waals surface area contributed by atoms with Gasteiger partial charge in [-0.3, -0.25) is 4.79 Å². The van der Waals surface area contributed by atoms with Crippen molar-refractivity contribution in [3.05, 3.63) is 58.4 Å². The maximum absolute atomic E-state index is 14.8. The second-order valence-electron chi connectivity index (χ2n) is 7.70. The minimum Gasteiger partial charge on any atom is -0.490 e. The van der Waals surface area contributed by atoms with Crippen molar-refractivity contribution in [1.29, 1.82) is 5.26 Å². The van der Waals surface area contributed by atoms with Gasteiger partial charge in [0.25, 0.3) is 0 Å². The fraction of sp³-hybridized carbons (Fsp3) is 0.391. The molecule has 1 heterocycles. The Hall–Kier alpha value is -3.07. The van der Waals surface area contributed by atoms with Crippen LogP contribution < -0.4 is 9.64 Å². The first kappa shape index (κ1) is 19.3. The molecule has 1 saturated carbocycles. The Morgan fingerprint density at radius 1 is 1.31 bits per heavy atom. The van der Waals surface area contributed by atoms with Gasteiger partial charge in [0.1, 0.15) is 17.6 Å². The maximum atomic E-state index is 14.8. The number of aryl methyl sites for hydroxylation is 1. The average Bonchev–Trinajstić information content (AvgIpc) is 2.69. The number of anilines is 1. The van der Waals surface area contributed by atoms with E-state index in [1.54, 1.807) is 12.1 Å². The third-order valence-corrected chi connectivity index (χ3v) is 5.81. The van der Waals surface area contributed by atoms with E-state index in [4.69, 9.17) is 9.84 Å². The van der Waals surface area contributed by atoms with Crippen LogP contribution in [0.15, 0.2) is 30.3 Å². The number of nitrogens with zero attached hydrogens (tertiary/aromatic N) is 2. The largest absolute Gasteiger partial charge is 0.490 e. The first-order valence-electron chi connectivity index (χ1n) is 10.0. The van der Waals surface area contributed by atoms with E-state index >= 15 is 0 Å². The number of ether oxygens (including phenoxy) is 1. The highest BCUT2D eigenvalue weighted by atomic mass is 19.1. The number of aliphatic carboxylic acids is 1. The van der Waals surface area contributed by atoms with Crippen LogP contribution in [0.1, 0.15) is 47.9 Å². The molecule has 0 atom stereocenters. The molecule has 0 spiro atoms. The lowest BCUT2D eigenvalue weighted by Crippen LogP contribution is -2.32. The Labute approximate surface area is 169 Å². The van der Waals surface area contributed by atoms with Crippen molar-refractivity contribution in [2.75, 3.05) is 11.4 Å². The van der Waals surface area contributed by atoms with Crippen molar-refractivity contribution < 1.29 is 19.0 Å². The number of hydrogen-bond acceptors (Lipinski definition) is 4. The average molecular weight is 394 g/mol. The lowest BCUT2D eigenvalue weighted by Gasteiger charge is -2.33. The van der Waals surface area contributed by atoms with Crippen molar-refractivity contribution in [2.45, 2.75) is 51.2 Å². The zero-order valence-corrected chi connectivity index (χ0v) is 16.2. The van der Waals surface area contributed by atoms with Crippen molar-refractivity contribution in [1.82, 2.24) is 0 Å². The lowest BCUT2D eigenvalue weighted by atomic mass is 9.94. The van der Waals surface area contributed by atoms with Gasteiger partial charge in [0, 0.05) is 25.6 Å². The summed E-state index contributed by atoms with van der Waals surface area (Å²) in [6.07, 6.45) is 4.21. The topological polar surface area (TPSA) is 73.6 Å². The molecule has 5 nitrogen and oxygen atoms in total. The van der Waals surface area contributed by atoms with Crippen LogP contribution in [0.2, 0.25) is 0 Å². The van der Waals surface area contributed by atoms with Crippen LogP contribution in [-0.4, -0.2) is 23.7 Å². The SMILES string of the molecule is N#Cc1ccc(OC2CCC2)cc1N1CCc2c(ccc(CCC(=O)O)c2F)C1. The standard InChI is InChI=1S/C23H23FN2O3/c24-23-15(7-9-22(27)28)4-5-17-14-26(11-10-20(17)23)21-12-19(8-6-16(21)13-25)29-18-2-1-3-18/h4-6,8,12,18H,1-3,7,9-11,14H2,(H,27,28). The molecule has 29 heavy (non-hydrogen) atoms. The van der Waals surface area contributed by atoms with Crippen LogP contribution in [-0.2, 0) is 24.2 Å². The van der Waals surface area contributed by atoms with Crippen LogP contribution in [0.3, 0.4) is 0 Å². The zero-order chi connectivity index (χ0) is 20.4. The normalized spacial score (nSPS) is 15.9. The van der Waals surface area contributed by atoms with E-state index in [1.165, 1.54) is 6.42 Å². The van der Waals surface area contributed by atoms with Gasteiger partial charge in [0.15, 0.2) is 0 Å².